The molecule has 112 valence electrons. The van der Waals surface area contributed by atoms with Crippen LogP contribution in [0.15, 0.2) is 18.3 Å². The molecule has 2 N–H and O–H groups in total. The van der Waals surface area contributed by atoms with Gasteiger partial charge in [0, 0.05) is 25.3 Å². The number of nitrogens with two attached hydrogens (primary N) is 1. The zero-order valence-corrected chi connectivity index (χ0v) is 12.0. The van der Waals surface area contributed by atoms with Crippen LogP contribution >= 0.6 is 0 Å². The molecule has 2 amide bonds. The van der Waals surface area contributed by atoms with Gasteiger partial charge in [-0.2, -0.15) is 0 Å². The number of nitrogens with zero attached hydrogens (tertiary/aromatic N) is 3. The standard InChI is InChI=1S/C15H20N4O2/c16-13-6-5-11(9-17-13)15(21)18-7-8-19(14(20)10-18)12-3-1-2-4-12/h5-6,9,12H,1-4,7-8,10H2,(H2,16,17). The highest BCUT2D eigenvalue weighted by Crippen LogP contribution is 2.25. The van der Waals surface area contributed by atoms with Crippen LogP contribution in [0.4, 0.5) is 5.82 Å². The molecule has 1 aliphatic carbocycles. The molecular formula is C15H20N4O2. The molecule has 1 saturated carbocycles. The smallest absolute Gasteiger partial charge is 0.255 e. The van der Waals surface area contributed by atoms with E-state index in [2.05, 4.69) is 4.98 Å². The van der Waals surface area contributed by atoms with Gasteiger partial charge in [0.15, 0.2) is 0 Å². The summed E-state index contributed by atoms with van der Waals surface area (Å²) in [5, 5.41) is 0. The van der Waals surface area contributed by atoms with Gasteiger partial charge in [0.05, 0.1) is 5.56 Å². The molecule has 6 nitrogen and oxygen atoms in total. The zero-order valence-electron chi connectivity index (χ0n) is 12.0. The van der Waals surface area contributed by atoms with Crippen LogP contribution in [-0.4, -0.2) is 52.3 Å². The summed E-state index contributed by atoms with van der Waals surface area (Å²) in [5.74, 6) is 0.292. The lowest BCUT2D eigenvalue weighted by Crippen LogP contribution is -2.54. The van der Waals surface area contributed by atoms with Gasteiger partial charge in [-0.25, -0.2) is 4.98 Å². The first-order valence-corrected chi connectivity index (χ1v) is 7.45. The Kier molecular flexibility index (Phi) is 3.77. The highest BCUT2D eigenvalue weighted by Gasteiger charge is 2.33. The average molecular weight is 288 g/mol. The Morgan fingerprint density at radius 1 is 1.24 bits per heavy atom. The van der Waals surface area contributed by atoms with Crippen molar-refractivity contribution in [2.45, 2.75) is 31.7 Å². The third-order valence-corrected chi connectivity index (χ3v) is 4.34. The molecule has 2 fully saturated rings. The molecule has 0 bridgehead atoms. The van der Waals surface area contributed by atoms with Crippen LogP contribution in [0.3, 0.4) is 0 Å². The Hall–Kier alpha value is -2.11. The first-order valence-electron chi connectivity index (χ1n) is 7.45. The summed E-state index contributed by atoms with van der Waals surface area (Å²) < 4.78 is 0. The van der Waals surface area contributed by atoms with Gasteiger partial charge in [-0.05, 0) is 25.0 Å². The minimum absolute atomic E-state index is 0.0601. The zero-order chi connectivity index (χ0) is 14.8. The predicted octanol–water partition coefficient (Wildman–Crippen LogP) is 0.891. The molecule has 2 aliphatic rings. The van der Waals surface area contributed by atoms with E-state index in [1.165, 1.54) is 19.0 Å². The van der Waals surface area contributed by atoms with Gasteiger partial charge in [-0.15, -0.1) is 0 Å². The van der Waals surface area contributed by atoms with Crippen molar-refractivity contribution in [3.05, 3.63) is 23.9 Å². The molecule has 0 unspecified atom stereocenters. The Morgan fingerprint density at radius 3 is 2.62 bits per heavy atom. The quantitative estimate of drug-likeness (QED) is 0.876. The van der Waals surface area contributed by atoms with Crippen LogP contribution in [0.25, 0.3) is 0 Å². The summed E-state index contributed by atoms with van der Waals surface area (Å²) in [5.41, 5.74) is 6.00. The largest absolute Gasteiger partial charge is 0.384 e. The monoisotopic (exact) mass is 288 g/mol. The van der Waals surface area contributed by atoms with E-state index in [1.54, 1.807) is 17.0 Å². The second kappa shape index (κ2) is 5.71. The lowest BCUT2D eigenvalue weighted by Gasteiger charge is -2.37. The fourth-order valence-corrected chi connectivity index (χ4v) is 3.18. The molecule has 1 saturated heterocycles. The van der Waals surface area contributed by atoms with Crippen molar-refractivity contribution in [3.63, 3.8) is 0 Å². The highest BCUT2D eigenvalue weighted by molar-refractivity contribution is 5.97. The van der Waals surface area contributed by atoms with Gasteiger partial charge < -0.3 is 15.5 Å². The molecule has 21 heavy (non-hydrogen) atoms. The summed E-state index contributed by atoms with van der Waals surface area (Å²) in [4.78, 5) is 32.1. The normalized spacial score (nSPS) is 20.1. The molecule has 1 aromatic heterocycles. The fraction of sp³-hybridized carbons (Fsp3) is 0.533. The number of pyridine rings is 1. The van der Waals surface area contributed by atoms with E-state index < -0.39 is 0 Å². The highest BCUT2D eigenvalue weighted by atomic mass is 16.2. The predicted molar refractivity (Wildman–Crippen MR) is 78.5 cm³/mol. The number of rotatable bonds is 2. The minimum atomic E-state index is -0.151. The SMILES string of the molecule is Nc1ccc(C(=O)N2CCN(C3CCCC3)C(=O)C2)cn1. The second-order valence-corrected chi connectivity index (χ2v) is 5.72. The fourth-order valence-electron chi connectivity index (χ4n) is 3.18. The van der Waals surface area contributed by atoms with Crippen molar-refractivity contribution in [1.29, 1.82) is 0 Å². The molecule has 0 atom stereocenters. The van der Waals surface area contributed by atoms with Crippen LogP contribution in [-0.2, 0) is 4.79 Å². The van der Waals surface area contributed by atoms with Gasteiger partial charge in [0.2, 0.25) is 5.91 Å². The van der Waals surface area contributed by atoms with Crippen LogP contribution in [0.5, 0.6) is 0 Å². The number of nitrogen functional groups attached to an aromatic ring is 1. The number of carbonyl (C=O) groups is 2. The van der Waals surface area contributed by atoms with E-state index in [9.17, 15) is 9.59 Å². The number of piperazine rings is 1. The minimum Gasteiger partial charge on any atom is -0.384 e. The lowest BCUT2D eigenvalue weighted by molar-refractivity contribution is -0.137. The molecule has 0 aromatic carbocycles. The molecule has 6 heteroatoms. The van der Waals surface area contributed by atoms with E-state index in [1.807, 2.05) is 4.90 Å². The summed E-state index contributed by atoms with van der Waals surface area (Å²) >= 11 is 0. The number of amides is 2. The first kappa shape index (κ1) is 13.9. The topological polar surface area (TPSA) is 79.5 Å². The maximum Gasteiger partial charge on any atom is 0.255 e. The summed E-state index contributed by atoms with van der Waals surface area (Å²) in [7, 11) is 0. The van der Waals surface area contributed by atoms with Crippen molar-refractivity contribution in [2.24, 2.45) is 0 Å². The number of hydrogen-bond donors (Lipinski definition) is 1. The third-order valence-electron chi connectivity index (χ3n) is 4.34. The van der Waals surface area contributed by atoms with E-state index in [0.29, 0.717) is 30.5 Å². The van der Waals surface area contributed by atoms with Crippen LogP contribution in [0.2, 0.25) is 0 Å². The molecule has 0 radical (unpaired) electrons. The van der Waals surface area contributed by atoms with Crippen molar-refractivity contribution < 1.29 is 9.59 Å². The summed E-state index contributed by atoms with van der Waals surface area (Å²) in [6, 6.07) is 3.63. The molecule has 3 rings (SSSR count). The maximum atomic E-state index is 12.4. The van der Waals surface area contributed by atoms with E-state index in [0.717, 1.165) is 12.8 Å². The van der Waals surface area contributed by atoms with Crippen LogP contribution in [0, 0.1) is 0 Å². The van der Waals surface area contributed by atoms with E-state index >= 15 is 0 Å². The van der Waals surface area contributed by atoms with Gasteiger partial charge in [-0.1, -0.05) is 12.8 Å². The Balaban J connectivity index is 1.65. The molecule has 0 spiro atoms. The van der Waals surface area contributed by atoms with E-state index in [-0.39, 0.29) is 18.4 Å². The molecule has 1 aromatic rings. The molecule has 2 heterocycles. The van der Waals surface area contributed by atoms with Gasteiger partial charge in [0.1, 0.15) is 12.4 Å². The van der Waals surface area contributed by atoms with Gasteiger partial charge in [-0.3, -0.25) is 9.59 Å². The van der Waals surface area contributed by atoms with E-state index in [4.69, 9.17) is 5.73 Å². The van der Waals surface area contributed by atoms with Gasteiger partial charge in [0.25, 0.3) is 5.91 Å². The van der Waals surface area contributed by atoms with Crippen molar-refractivity contribution in [1.82, 2.24) is 14.8 Å². The lowest BCUT2D eigenvalue weighted by atomic mass is 10.1. The van der Waals surface area contributed by atoms with Crippen molar-refractivity contribution >= 4 is 17.6 Å². The molecular weight excluding hydrogens is 268 g/mol. The number of aromatic nitrogens is 1. The first-order chi connectivity index (χ1) is 10.1. The maximum absolute atomic E-state index is 12.4. The summed E-state index contributed by atoms with van der Waals surface area (Å²) in [6.45, 7) is 1.39. The number of hydrogen-bond acceptors (Lipinski definition) is 4. The molecule has 1 aliphatic heterocycles. The third kappa shape index (κ3) is 2.84. The Bertz CT molecular complexity index is 537. The Labute approximate surface area is 123 Å². The van der Waals surface area contributed by atoms with Crippen molar-refractivity contribution in [3.8, 4) is 0 Å². The number of anilines is 1. The number of carbonyl (C=O) groups excluding carboxylic acids is 2. The average Bonchev–Trinajstić information content (AvgIpc) is 3.01. The summed E-state index contributed by atoms with van der Waals surface area (Å²) in [6.07, 6.45) is 6.07. The van der Waals surface area contributed by atoms with Gasteiger partial charge >= 0.3 is 0 Å². The Morgan fingerprint density at radius 2 is 2.00 bits per heavy atom. The van der Waals surface area contributed by atoms with Crippen LogP contribution < -0.4 is 5.73 Å². The van der Waals surface area contributed by atoms with Crippen molar-refractivity contribution in [2.75, 3.05) is 25.4 Å². The van der Waals surface area contributed by atoms with Crippen LogP contribution in [0.1, 0.15) is 36.0 Å². The second-order valence-electron chi connectivity index (χ2n) is 5.72.